The number of allylic oxidation sites excluding steroid dienone is 5. The van der Waals surface area contributed by atoms with E-state index in [2.05, 4.69) is 20.8 Å². The lowest BCUT2D eigenvalue weighted by Gasteiger charge is -2.26. The number of benzene rings is 1. The van der Waals surface area contributed by atoms with Crippen LogP contribution in [0.4, 0.5) is 0 Å². The number of carbonyl (C=O) groups is 1. The first-order valence-electron chi connectivity index (χ1n) is 13.3. The van der Waals surface area contributed by atoms with Crippen LogP contribution < -0.4 is 4.74 Å². The molecule has 0 bridgehead atoms. The van der Waals surface area contributed by atoms with Gasteiger partial charge in [-0.3, -0.25) is 0 Å². The minimum Gasteiger partial charge on any atom is -0.493 e. The number of aliphatic carboxylic acids is 1. The van der Waals surface area contributed by atoms with Gasteiger partial charge in [-0.05, 0) is 73.8 Å². The number of ether oxygens (including phenoxy) is 1. The molecule has 0 aliphatic carbocycles. The summed E-state index contributed by atoms with van der Waals surface area (Å²) < 4.78 is 32.4. The van der Waals surface area contributed by atoms with Gasteiger partial charge in [-0.2, -0.15) is 0 Å². The molecule has 1 heterocycles. The Balaban J connectivity index is 2.50. The molecule has 1 aliphatic rings. The summed E-state index contributed by atoms with van der Waals surface area (Å²) >= 11 is 0. The molecule has 0 saturated heterocycles. The van der Waals surface area contributed by atoms with Gasteiger partial charge in [-0.15, -0.1) is 0 Å². The lowest BCUT2D eigenvalue weighted by atomic mass is 9.79. The van der Waals surface area contributed by atoms with Gasteiger partial charge in [0.05, 0.1) is 17.3 Å². The van der Waals surface area contributed by atoms with E-state index in [9.17, 15) is 18.3 Å². The number of hydrogen-bond acceptors (Lipinski definition) is 4. The summed E-state index contributed by atoms with van der Waals surface area (Å²) in [6, 6.07) is 3.74. The molecule has 1 aromatic rings. The maximum Gasteiger partial charge on any atom is 0.331 e. The summed E-state index contributed by atoms with van der Waals surface area (Å²) in [6.07, 6.45) is 13.1. The van der Waals surface area contributed by atoms with Gasteiger partial charge in [-0.1, -0.05) is 71.6 Å². The molecular weight excluding hydrogens is 472 g/mol. The molecule has 1 aromatic carbocycles. The lowest BCUT2D eigenvalue weighted by Crippen LogP contribution is -2.18. The highest BCUT2D eigenvalue weighted by Gasteiger charge is 2.34. The summed E-state index contributed by atoms with van der Waals surface area (Å²) in [4.78, 5) is 11.8. The maximum atomic E-state index is 13.1. The maximum absolute atomic E-state index is 13.1. The second-order valence-electron chi connectivity index (χ2n) is 10.4. The Morgan fingerprint density at radius 2 is 1.81 bits per heavy atom. The van der Waals surface area contributed by atoms with E-state index in [-0.39, 0.29) is 11.2 Å². The molecule has 1 aliphatic heterocycles. The van der Waals surface area contributed by atoms with Crippen molar-refractivity contribution in [3.05, 3.63) is 52.6 Å². The summed E-state index contributed by atoms with van der Waals surface area (Å²) in [5, 5.41) is 9.37. The molecule has 0 unspecified atom stereocenters. The van der Waals surface area contributed by atoms with E-state index in [1.807, 2.05) is 38.1 Å². The molecule has 0 amide bonds. The van der Waals surface area contributed by atoms with E-state index >= 15 is 0 Å². The zero-order chi connectivity index (χ0) is 26.9. The molecule has 5 nitrogen and oxygen atoms in total. The molecule has 1 N–H and O–H groups in total. The fourth-order valence-corrected chi connectivity index (χ4v) is 6.44. The largest absolute Gasteiger partial charge is 0.493 e. The van der Waals surface area contributed by atoms with E-state index in [4.69, 9.17) is 4.74 Å². The van der Waals surface area contributed by atoms with Crippen LogP contribution in [-0.2, 0) is 20.0 Å². The zero-order valence-corrected chi connectivity index (χ0v) is 23.8. The normalized spacial score (nSPS) is 17.9. The van der Waals surface area contributed by atoms with Crippen LogP contribution in [0.15, 0.2) is 46.4 Å². The van der Waals surface area contributed by atoms with Crippen LogP contribution in [0.3, 0.4) is 0 Å². The Morgan fingerprint density at radius 3 is 2.44 bits per heavy atom. The molecule has 0 radical (unpaired) electrons. The van der Waals surface area contributed by atoms with Gasteiger partial charge in [0.2, 0.25) is 0 Å². The molecule has 0 saturated carbocycles. The number of carboxylic acid groups (broad SMARTS) is 1. The Bertz CT molecular complexity index is 1120. The molecule has 36 heavy (non-hydrogen) atoms. The number of fused-ring (bicyclic) bond motifs is 1. The van der Waals surface area contributed by atoms with Crippen molar-refractivity contribution in [1.29, 1.82) is 0 Å². The predicted molar refractivity (Wildman–Crippen MR) is 148 cm³/mol. The van der Waals surface area contributed by atoms with Crippen LogP contribution in [0.5, 0.6) is 5.75 Å². The zero-order valence-electron chi connectivity index (χ0n) is 22.9. The van der Waals surface area contributed by atoms with Crippen LogP contribution in [0.25, 0.3) is 5.57 Å². The number of unbranched alkanes of at least 4 members (excludes halogenated alkanes) is 4. The average molecular weight is 517 g/mol. The second-order valence-corrected chi connectivity index (χ2v) is 12.5. The van der Waals surface area contributed by atoms with E-state index in [1.54, 1.807) is 13.0 Å². The molecule has 0 spiro atoms. The highest BCUT2D eigenvalue weighted by atomic mass is 32.2. The molecule has 0 fully saturated rings. The van der Waals surface area contributed by atoms with Crippen LogP contribution >= 0.6 is 0 Å². The van der Waals surface area contributed by atoms with E-state index in [1.165, 1.54) is 19.3 Å². The number of rotatable bonds is 12. The van der Waals surface area contributed by atoms with Gasteiger partial charge in [0.25, 0.3) is 0 Å². The fourth-order valence-electron chi connectivity index (χ4n) is 4.74. The Hall–Kier alpha value is -2.34. The quantitative estimate of drug-likeness (QED) is 0.175. The van der Waals surface area contributed by atoms with Crippen molar-refractivity contribution in [1.82, 2.24) is 0 Å². The Morgan fingerprint density at radius 1 is 1.11 bits per heavy atom. The molecule has 200 valence electrons. The summed E-state index contributed by atoms with van der Waals surface area (Å²) in [6.45, 7) is 12.6. The van der Waals surface area contributed by atoms with Crippen LogP contribution in [0, 0.1) is 0 Å². The van der Waals surface area contributed by atoms with Gasteiger partial charge in [0.1, 0.15) is 5.75 Å². The predicted octanol–water partition coefficient (Wildman–Crippen LogP) is 7.65. The van der Waals surface area contributed by atoms with Crippen molar-refractivity contribution in [2.45, 2.75) is 103 Å². The first kappa shape index (κ1) is 29.9. The van der Waals surface area contributed by atoms with Gasteiger partial charge < -0.3 is 9.84 Å². The minimum atomic E-state index is -3.38. The Labute approximate surface area is 218 Å². The highest BCUT2D eigenvalue weighted by molar-refractivity contribution is 7.91. The number of carboxylic acids is 1. The van der Waals surface area contributed by atoms with E-state index in [0.29, 0.717) is 41.2 Å². The third-order valence-electron chi connectivity index (χ3n) is 7.07. The van der Waals surface area contributed by atoms with Gasteiger partial charge in [0.15, 0.2) is 9.84 Å². The standard InChI is InChI=1S/C30H44O5S/c1-7-9-10-11-12-18-35-27-21-28-26(30(5,6)17-14-19-36(28,33)34)20-25(27)23(4)16-13-15-22(3)24(8-2)29(31)32/h13,15-16,20-21H,7-12,14,17-19H2,1-6H3,(H,31,32). The SMILES string of the molecule is CCCCCCCOc1cc2c(cc1C(C)=CC=CC(C)=C(CC)C(=O)O)C(C)(C)CCCS2(=O)=O. The van der Waals surface area contributed by atoms with Crippen LogP contribution in [0.1, 0.15) is 104 Å². The van der Waals surface area contributed by atoms with E-state index < -0.39 is 15.8 Å². The number of hydrogen-bond donors (Lipinski definition) is 1. The molecule has 2 rings (SSSR count). The number of sulfone groups is 1. The topological polar surface area (TPSA) is 80.7 Å². The third kappa shape index (κ3) is 7.83. The first-order chi connectivity index (χ1) is 16.9. The van der Waals surface area contributed by atoms with Crippen LogP contribution in [-0.4, -0.2) is 31.9 Å². The first-order valence-corrected chi connectivity index (χ1v) is 14.9. The summed E-state index contributed by atoms with van der Waals surface area (Å²) in [7, 11) is -3.38. The molecule has 0 aromatic heterocycles. The van der Waals surface area contributed by atoms with Gasteiger partial charge >= 0.3 is 5.97 Å². The van der Waals surface area contributed by atoms with Crippen molar-refractivity contribution in [2.24, 2.45) is 0 Å². The van der Waals surface area contributed by atoms with Crippen molar-refractivity contribution in [3.63, 3.8) is 0 Å². The lowest BCUT2D eigenvalue weighted by molar-refractivity contribution is -0.132. The minimum absolute atomic E-state index is 0.158. The molecule has 0 atom stereocenters. The monoisotopic (exact) mass is 516 g/mol. The van der Waals surface area contributed by atoms with Crippen molar-refractivity contribution < 1.29 is 23.1 Å². The van der Waals surface area contributed by atoms with Crippen molar-refractivity contribution in [3.8, 4) is 5.75 Å². The average Bonchev–Trinajstić information content (AvgIpc) is 2.88. The van der Waals surface area contributed by atoms with E-state index in [0.717, 1.165) is 36.0 Å². The van der Waals surface area contributed by atoms with Crippen LogP contribution in [0.2, 0.25) is 0 Å². The summed E-state index contributed by atoms with van der Waals surface area (Å²) in [5.41, 5.74) is 3.51. The molecular formula is C30H44O5S. The van der Waals surface area contributed by atoms with Gasteiger partial charge in [-0.25, -0.2) is 13.2 Å². The fraction of sp³-hybridized carbons (Fsp3) is 0.567. The van der Waals surface area contributed by atoms with Gasteiger partial charge in [0, 0.05) is 11.1 Å². The second kappa shape index (κ2) is 13.3. The Kier molecular flexibility index (Phi) is 11.0. The third-order valence-corrected chi connectivity index (χ3v) is 8.91. The van der Waals surface area contributed by atoms with Crippen molar-refractivity contribution >= 4 is 21.4 Å². The molecule has 6 heteroatoms. The van der Waals surface area contributed by atoms with Crippen molar-refractivity contribution in [2.75, 3.05) is 12.4 Å². The highest BCUT2D eigenvalue weighted by Crippen LogP contribution is 2.42. The smallest absolute Gasteiger partial charge is 0.331 e. The summed E-state index contributed by atoms with van der Waals surface area (Å²) in [5.74, 6) is -0.143.